The predicted octanol–water partition coefficient (Wildman–Crippen LogP) is 2.40. The lowest BCUT2D eigenvalue weighted by atomic mass is 10.2. The van der Waals surface area contributed by atoms with Crippen LogP contribution in [0.5, 0.6) is 0 Å². The second-order valence-electron chi connectivity index (χ2n) is 5.51. The SMILES string of the molecule is O=C(COCc1ccccc1)N1CCCN(c2nccs2)CC1. The molecule has 2 heterocycles. The van der Waals surface area contributed by atoms with Gasteiger partial charge in [-0.05, 0) is 12.0 Å². The first-order chi connectivity index (χ1) is 11.3. The molecular formula is C17H21N3O2S. The van der Waals surface area contributed by atoms with E-state index in [9.17, 15) is 4.79 Å². The van der Waals surface area contributed by atoms with Gasteiger partial charge in [0.1, 0.15) is 6.61 Å². The summed E-state index contributed by atoms with van der Waals surface area (Å²) in [5, 5.41) is 3.03. The van der Waals surface area contributed by atoms with E-state index in [2.05, 4.69) is 9.88 Å². The van der Waals surface area contributed by atoms with Crippen molar-refractivity contribution in [2.75, 3.05) is 37.7 Å². The lowest BCUT2D eigenvalue weighted by Crippen LogP contribution is -2.37. The fourth-order valence-corrected chi connectivity index (χ4v) is 3.35. The molecule has 1 saturated heterocycles. The monoisotopic (exact) mass is 331 g/mol. The van der Waals surface area contributed by atoms with Crippen LogP contribution in [0.2, 0.25) is 0 Å². The van der Waals surface area contributed by atoms with E-state index in [4.69, 9.17) is 4.74 Å². The second-order valence-corrected chi connectivity index (χ2v) is 6.39. The van der Waals surface area contributed by atoms with E-state index in [1.807, 2.05) is 46.8 Å². The summed E-state index contributed by atoms with van der Waals surface area (Å²) in [7, 11) is 0. The molecule has 1 aliphatic heterocycles. The fraction of sp³-hybridized carbons (Fsp3) is 0.412. The molecule has 122 valence electrons. The normalized spacial score (nSPS) is 15.5. The van der Waals surface area contributed by atoms with Crippen LogP contribution in [0.3, 0.4) is 0 Å². The van der Waals surface area contributed by atoms with Gasteiger partial charge in [0.25, 0.3) is 0 Å². The molecule has 0 spiro atoms. The molecule has 0 bridgehead atoms. The third-order valence-corrected chi connectivity index (χ3v) is 4.71. The molecule has 1 amide bonds. The number of hydrogen-bond donors (Lipinski definition) is 0. The van der Waals surface area contributed by atoms with E-state index < -0.39 is 0 Å². The maximum Gasteiger partial charge on any atom is 0.248 e. The first-order valence-corrected chi connectivity index (χ1v) is 8.75. The molecule has 0 N–H and O–H groups in total. The Labute approximate surface area is 140 Å². The van der Waals surface area contributed by atoms with Gasteiger partial charge in [0.15, 0.2) is 5.13 Å². The van der Waals surface area contributed by atoms with Gasteiger partial charge < -0.3 is 14.5 Å². The number of benzene rings is 1. The molecular weight excluding hydrogens is 310 g/mol. The van der Waals surface area contributed by atoms with Gasteiger partial charge in [-0.25, -0.2) is 4.98 Å². The summed E-state index contributed by atoms with van der Waals surface area (Å²) in [4.78, 5) is 20.8. The summed E-state index contributed by atoms with van der Waals surface area (Å²) in [5.41, 5.74) is 1.09. The predicted molar refractivity (Wildman–Crippen MR) is 91.6 cm³/mol. The third-order valence-electron chi connectivity index (χ3n) is 3.88. The minimum Gasteiger partial charge on any atom is -0.367 e. The molecule has 23 heavy (non-hydrogen) atoms. The van der Waals surface area contributed by atoms with E-state index in [0.717, 1.165) is 43.3 Å². The Balaban J connectivity index is 1.44. The summed E-state index contributed by atoms with van der Waals surface area (Å²) in [5.74, 6) is 0.0712. The molecule has 0 saturated carbocycles. The van der Waals surface area contributed by atoms with Gasteiger partial charge in [-0.1, -0.05) is 30.3 Å². The third kappa shape index (κ3) is 4.53. The number of ether oxygens (including phenoxy) is 1. The molecule has 0 atom stereocenters. The van der Waals surface area contributed by atoms with Crippen LogP contribution in [0.15, 0.2) is 41.9 Å². The standard InChI is InChI=1S/C17H21N3O2S/c21-16(14-22-13-15-5-2-1-3-6-15)19-8-4-9-20(11-10-19)17-18-7-12-23-17/h1-3,5-7,12H,4,8-11,13-14H2. The quantitative estimate of drug-likeness (QED) is 0.844. The minimum atomic E-state index is 0.0712. The molecule has 1 aromatic carbocycles. The van der Waals surface area contributed by atoms with Crippen LogP contribution in [-0.4, -0.2) is 48.6 Å². The number of carbonyl (C=O) groups excluding carboxylic acids is 1. The highest BCUT2D eigenvalue weighted by atomic mass is 32.1. The van der Waals surface area contributed by atoms with Gasteiger partial charge in [0.2, 0.25) is 5.91 Å². The van der Waals surface area contributed by atoms with Crippen LogP contribution in [0.25, 0.3) is 0 Å². The summed E-state index contributed by atoms with van der Waals surface area (Å²) in [6, 6.07) is 9.93. The Morgan fingerprint density at radius 3 is 2.83 bits per heavy atom. The highest BCUT2D eigenvalue weighted by Crippen LogP contribution is 2.19. The zero-order chi connectivity index (χ0) is 15.9. The second kappa shape index (κ2) is 8.08. The molecule has 6 heteroatoms. The maximum atomic E-state index is 12.3. The van der Waals surface area contributed by atoms with Gasteiger partial charge in [-0.15, -0.1) is 11.3 Å². The lowest BCUT2D eigenvalue weighted by Gasteiger charge is -2.21. The van der Waals surface area contributed by atoms with E-state index in [1.165, 1.54) is 0 Å². The molecule has 3 rings (SSSR count). The number of nitrogens with zero attached hydrogens (tertiary/aromatic N) is 3. The molecule has 1 aliphatic rings. The van der Waals surface area contributed by atoms with Crippen LogP contribution < -0.4 is 4.90 Å². The van der Waals surface area contributed by atoms with E-state index in [-0.39, 0.29) is 12.5 Å². The number of amides is 1. The van der Waals surface area contributed by atoms with Crippen molar-refractivity contribution in [1.29, 1.82) is 0 Å². The van der Waals surface area contributed by atoms with Gasteiger partial charge in [0.05, 0.1) is 6.61 Å². The molecule has 5 nitrogen and oxygen atoms in total. The highest BCUT2D eigenvalue weighted by molar-refractivity contribution is 7.13. The maximum absolute atomic E-state index is 12.3. The van der Waals surface area contributed by atoms with Crippen molar-refractivity contribution >= 4 is 22.4 Å². The smallest absolute Gasteiger partial charge is 0.248 e. The zero-order valence-corrected chi connectivity index (χ0v) is 13.9. The summed E-state index contributed by atoms with van der Waals surface area (Å²) in [6.07, 6.45) is 2.79. The van der Waals surface area contributed by atoms with E-state index in [1.54, 1.807) is 11.3 Å². The molecule has 0 aliphatic carbocycles. The molecule has 0 unspecified atom stereocenters. The number of anilines is 1. The van der Waals surface area contributed by atoms with Crippen molar-refractivity contribution in [3.63, 3.8) is 0 Å². The van der Waals surface area contributed by atoms with E-state index in [0.29, 0.717) is 6.61 Å². The number of aromatic nitrogens is 1. The number of rotatable bonds is 5. The minimum absolute atomic E-state index is 0.0712. The number of hydrogen-bond acceptors (Lipinski definition) is 5. The highest BCUT2D eigenvalue weighted by Gasteiger charge is 2.20. The average Bonchev–Trinajstić information content (AvgIpc) is 3.00. The van der Waals surface area contributed by atoms with Crippen LogP contribution in [-0.2, 0) is 16.1 Å². The Bertz CT molecular complexity index is 604. The summed E-state index contributed by atoms with van der Waals surface area (Å²) >= 11 is 1.65. The fourth-order valence-electron chi connectivity index (χ4n) is 2.65. The van der Waals surface area contributed by atoms with Gasteiger partial charge in [0, 0.05) is 37.8 Å². The largest absolute Gasteiger partial charge is 0.367 e. The van der Waals surface area contributed by atoms with Crippen LogP contribution in [0.1, 0.15) is 12.0 Å². The Kier molecular flexibility index (Phi) is 5.60. The van der Waals surface area contributed by atoms with Crippen LogP contribution in [0, 0.1) is 0 Å². The first kappa shape index (κ1) is 16.0. The van der Waals surface area contributed by atoms with Gasteiger partial charge in [-0.3, -0.25) is 4.79 Å². The van der Waals surface area contributed by atoms with Gasteiger partial charge >= 0.3 is 0 Å². The first-order valence-electron chi connectivity index (χ1n) is 7.87. The Hall–Kier alpha value is -1.92. The molecule has 1 aromatic heterocycles. The van der Waals surface area contributed by atoms with Crippen molar-refractivity contribution in [2.45, 2.75) is 13.0 Å². The molecule has 2 aromatic rings. The van der Waals surface area contributed by atoms with Crippen molar-refractivity contribution in [3.8, 4) is 0 Å². The molecule has 1 fully saturated rings. The lowest BCUT2D eigenvalue weighted by molar-refractivity contribution is -0.136. The summed E-state index contributed by atoms with van der Waals surface area (Å²) < 4.78 is 5.56. The van der Waals surface area contributed by atoms with Crippen molar-refractivity contribution in [3.05, 3.63) is 47.5 Å². The topological polar surface area (TPSA) is 45.7 Å². The molecule has 0 radical (unpaired) electrons. The Morgan fingerprint density at radius 1 is 1.17 bits per heavy atom. The van der Waals surface area contributed by atoms with Crippen LogP contribution >= 0.6 is 11.3 Å². The number of thiazole rings is 1. The average molecular weight is 331 g/mol. The summed E-state index contributed by atoms with van der Waals surface area (Å²) in [6.45, 7) is 3.92. The number of carbonyl (C=O) groups is 1. The van der Waals surface area contributed by atoms with Crippen molar-refractivity contribution in [1.82, 2.24) is 9.88 Å². The van der Waals surface area contributed by atoms with Crippen molar-refractivity contribution < 1.29 is 9.53 Å². The Morgan fingerprint density at radius 2 is 2.04 bits per heavy atom. The van der Waals surface area contributed by atoms with Crippen molar-refractivity contribution in [2.24, 2.45) is 0 Å². The van der Waals surface area contributed by atoms with Gasteiger partial charge in [-0.2, -0.15) is 0 Å². The van der Waals surface area contributed by atoms with Crippen LogP contribution in [0.4, 0.5) is 5.13 Å². The zero-order valence-electron chi connectivity index (χ0n) is 13.1. The van der Waals surface area contributed by atoms with E-state index >= 15 is 0 Å².